The zero-order valence-corrected chi connectivity index (χ0v) is 10.1. The topological polar surface area (TPSA) is 80.9 Å². The van der Waals surface area contributed by atoms with Gasteiger partial charge in [-0.1, -0.05) is 23.6 Å². The number of nitrogens with zero attached hydrogens (tertiary/aromatic N) is 2. The lowest BCUT2D eigenvalue weighted by Gasteiger charge is -2.09. The highest BCUT2D eigenvalue weighted by molar-refractivity contribution is 7.80. The standard InChI is InChI=1S/C8H12N4OS2/c1-4(7(9)14)3-10-8(13)6-5(2)11-12-15-6/h4H,3H2,1-2H3,(H2,9,14)(H,10,13). The molecule has 1 aromatic heterocycles. The Bertz CT molecular complexity index is 376. The van der Waals surface area contributed by atoms with Crippen molar-refractivity contribution in [2.45, 2.75) is 13.8 Å². The Morgan fingerprint density at radius 1 is 1.73 bits per heavy atom. The number of aryl methyl sites for hydroxylation is 1. The molecule has 0 aliphatic rings. The maximum atomic E-state index is 11.6. The summed E-state index contributed by atoms with van der Waals surface area (Å²) in [5.41, 5.74) is 6.07. The van der Waals surface area contributed by atoms with Gasteiger partial charge in [-0.15, -0.1) is 5.10 Å². The van der Waals surface area contributed by atoms with E-state index < -0.39 is 0 Å². The minimum Gasteiger partial charge on any atom is -0.393 e. The number of hydrogen-bond acceptors (Lipinski definition) is 5. The van der Waals surface area contributed by atoms with Gasteiger partial charge in [-0.3, -0.25) is 4.79 Å². The van der Waals surface area contributed by atoms with E-state index in [9.17, 15) is 4.79 Å². The third-order valence-electron chi connectivity index (χ3n) is 1.91. The molecule has 7 heteroatoms. The van der Waals surface area contributed by atoms with Gasteiger partial charge < -0.3 is 11.1 Å². The quantitative estimate of drug-likeness (QED) is 0.754. The molecular formula is C8H12N4OS2. The number of aromatic nitrogens is 2. The summed E-state index contributed by atoms with van der Waals surface area (Å²) in [5.74, 6) is -0.185. The highest BCUT2D eigenvalue weighted by Crippen LogP contribution is 2.08. The molecule has 0 aliphatic carbocycles. The van der Waals surface area contributed by atoms with Crippen molar-refractivity contribution in [1.82, 2.24) is 14.9 Å². The van der Waals surface area contributed by atoms with Crippen LogP contribution >= 0.6 is 23.8 Å². The van der Waals surface area contributed by atoms with E-state index in [1.165, 1.54) is 0 Å². The van der Waals surface area contributed by atoms with Crippen LogP contribution in [-0.4, -0.2) is 27.0 Å². The van der Waals surface area contributed by atoms with Crippen LogP contribution in [-0.2, 0) is 0 Å². The minimum atomic E-state index is -0.175. The third-order valence-corrected chi connectivity index (χ3v) is 3.14. The van der Waals surface area contributed by atoms with Crippen LogP contribution in [0, 0.1) is 12.8 Å². The van der Waals surface area contributed by atoms with Crippen molar-refractivity contribution in [2.75, 3.05) is 6.54 Å². The third kappa shape index (κ3) is 3.21. The van der Waals surface area contributed by atoms with Crippen LogP contribution in [0.15, 0.2) is 0 Å². The van der Waals surface area contributed by atoms with E-state index in [0.29, 0.717) is 22.1 Å². The SMILES string of the molecule is Cc1nnsc1C(=O)NCC(C)C(N)=S. The second-order valence-corrected chi connectivity index (χ2v) is 4.43. The molecule has 0 radical (unpaired) electrons. The number of thiocarbonyl (C=S) groups is 1. The second-order valence-electron chi connectivity index (χ2n) is 3.20. The summed E-state index contributed by atoms with van der Waals surface area (Å²) < 4.78 is 3.69. The summed E-state index contributed by atoms with van der Waals surface area (Å²) in [7, 11) is 0. The first-order valence-corrected chi connectivity index (χ1v) is 5.57. The molecule has 1 atom stereocenters. The number of rotatable bonds is 4. The number of nitrogens with one attached hydrogen (secondary N) is 1. The fourth-order valence-corrected chi connectivity index (χ4v) is 1.52. The van der Waals surface area contributed by atoms with Crippen molar-refractivity contribution in [1.29, 1.82) is 0 Å². The summed E-state index contributed by atoms with van der Waals surface area (Å²) in [4.78, 5) is 12.5. The second kappa shape index (κ2) is 5.13. The molecule has 1 aromatic rings. The highest BCUT2D eigenvalue weighted by Gasteiger charge is 2.14. The summed E-state index contributed by atoms with van der Waals surface area (Å²) in [5, 5.41) is 6.49. The van der Waals surface area contributed by atoms with Crippen LogP contribution in [0.4, 0.5) is 0 Å². The first kappa shape index (κ1) is 12.0. The van der Waals surface area contributed by atoms with E-state index >= 15 is 0 Å². The van der Waals surface area contributed by atoms with Gasteiger partial charge in [-0.05, 0) is 18.5 Å². The van der Waals surface area contributed by atoms with Crippen molar-refractivity contribution in [3.63, 3.8) is 0 Å². The number of hydrogen-bond donors (Lipinski definition) is 2. The van der Waals surface area contributed by atoms with Crippen LogP contribution in [0.3, 0.4) is 0 Å². The fourth-order valence-electron chi connectivity index (χ4n) is 0.866. The van der Waals surface area contributed by atoms with E-state index in [1.807, 2.05) is 6.92 Å². The molecule has 5 nitrogen and oxygen atoms in total. The molecule has 0 bridgehead atoms. The van der Waals surface area contributed by atoms with Gasteiger partial charge in [0.05, 0.1) is 10.7 Å². The maximum Gasteiger partial charge on any atom is 0.264 e. The lowest BCUT2D eigenvalue weighted by Crippen LogP contribution is -2.33. The smallest absolute Gasteiger partial charge is 0.264 e. The van der Waals surface area contributed by atoms with Gasteiger partial charge in [0.15, 0.2) is 0 Å². The van der Waals surface area contributed by atoms with Gasteiger partial charge >= 0.3 is 0 Å². The Kier molecular flexibility index (Phi) is 4.10. The Morgan fingerprint density at radius 2 is 2.40 bits per heavy atom. The fraction of sp³-hybridized carbons (Fsp3) is 0.500. The largest absolute Gasteiger partial charge is 0.393 e. The van der Waals surface area contributed by atoms with E-state index in [-0.39, 0.29) is 11.8 Å². The number of carbonyl (C=O) groups is 1. The Balaban J connectivity index is 2.51. The Morgan fingerprint density at radius 3 is 2.87 bits per heavy atom. The van der Waals surface area contributed by atoms with E-state index in [2.05, 4.69) is 14.9 Å². The molecule has 0 spiro atoms. The molecule has 0 fully saturated rings. The summed E-state index contributed by atoms with van der Waals surface area (Å²) in [6.45, 7) is 4.04. The predicted molar refractivity (Wildman–Crippen MR) is 62.9 cm³/mol. The molecule has 1 rings (SSSR count). The van der Waals surface area contributed by atoms with Gasteiger partial charge in [0, 0.05) is 12.5 Å². The Hall–Kier alpha value is -1.08. The van der Waals surface area contributed by atoms with Crippen LogP contribution in [0.5, 0.6) is 0 Å². The molecule has 1 heterocycles. The molecule has 3 N–H and O–H groups in total. The van der Waals surface area contributed by atoms with Gasteiger partial charge in [-0.25, -0.2) is 0 Å². The zero-order valence-electron chi connectivity index (χ0n) is 8.48. The maximum absolute atomic E-state index is 11.6. The van der Waals surface area contributed by atoms with Crippen molar-refractivity contribution in [3.8, 4) is 0 Å². The van der Waals surface area contributed by atoms with Crippen molar-refractivity contribution >= 4 is 34.6 Å². The molecular weight excluding hydrogens is 232 g/mol. The molecule has 0 saturated heterocycles. The molecule has 0 saturated carbocycles. The van der Waals surface area contributed by atoms with Gasteiger partial charge in [0.1, 0.15) is 4.88 Å². The predicted octanol–water partition coefficient (Wildman–Crippen LogP) is 0.499. The van der Waals surface area contributed by atoms with Crippen LogP contribution in [0.25, 0.3) is 0 Å². The van der Waals surface area contributed by atoms with E-state index in [0.717, 1.165) is 11.5 Å². The van der Waals surface area contributed by atoms with Crippen molar-refractivity contribution in [3.05, 3.63) is 10.6 Å². The summed E-state index contributed by atoms with van der Waals surface area (Å²) >= 11 is 5.88. The minimum absolute atomic E-state index is 0.00913. The highest BCUT2D eigenvalue weighted by atomic mass is 32.1. The van der Waals surface area contributed by atoms with Crippen LogP contribution in [0.2, 0.25) is 0 Å². The lowest BCUT2D eigenvalue weighted by atomic mass is 10.2. The normalized spacial score (nSPS) is 12.1. The molecule has 1 amide bonds. The number of amides is 1. The van der Waals surface area contributed by atoms with Crippen molar-refractivity contribution in [2.24, 2.45) is 11.7 Å². The zero-order chi connectivity index (χ0) is 11.4. The van der Waals surface area contributed by atoms with E-state index in [1.54, 1.807) is 6.92 Å². The summed E-state index contributed by atoms with van der Waals surface area (Å²) in [6.07, 6.45) is 0. The molecule has 0 aromatic carbocycles. The van der Waals surface area contributed by atoms with Gasteiger partial charge in [0.2, 0.25) is 0 Å². The monoisotopic (exact) mass is 244 g/mol. The molecule has 15 heavy (non-hydrogen) atoms. The first-order chi connectivity index (χ1) is 7.02. The van der Waals surface area contributed by atoms with Crippen LogP contribution in [0.1, 0.15) is 22.3 Å². The van der Waals surface area contributed by atoms with Gasteiger partial charge in [-0.2, -0.15) is 0 Å². The molecule has 1 unspecified atom stereocenters. The van der Waals surface area contributed by atoms with Crippen LogP contribution < -0.4 is 11.1 Å². The average molecular weight is 244 g/mol. The summed E-state index contributed by atoms with van der Waals surface area (Å²) in [6, 6.07) is 0. The molecule has 0 aliphatic heterocycles. The number of carbonyl (C=O) groups excluding carboxylic acids is 1. The number of nitrogens with two attached hydrogens (primary N) is 1. The first-order valence-electron chi connectivity index (χ1n) is 4.39. The van der Waals surface area contributed by atoms with Crippen molar-refractivity contribution < 1.29 is 4.79 Å². The van der Waals surface area contributed by atoms with Gasteiger partial charge in [0.25, 0.3) is 5.91 Å². The Labute approximate surface area is 97.2 Å². The lowest BCUT2D eigenvalue weighted by molar-refractivity contribution is 0.0954. The molecule has 82 valence electrons. The van der Waals surface area contributed by atoms with E-state index in [4.69, 9.17) is 18.0 Å². The average Bonchev–Trinajstić information content (AvgIpc) is 2.60.